The van der Waals surface area contributed by atoms with Gasteiger partial charge in [0.1, 0.15) is 0 Å². The average molecular weight is 350 g/mol. The lowest BCUT2D eigenvalue weighted by Crippen LogP contribution is -2.45. The first kappa shape index (κ1) is 16.8. The zero-order valence-corrected chi connectivity index (χ0v) is 15.0. The van der Waals surface area contributed by atoms with E-state index in [4.69, 9.17) is 23.2 Å². The van der Waals surface area contributed by atoms with Crippen LogP contribution in [-0.4, -0.2) is 34.6 Å². The second kappa shape index (κ2) is 8.19. The van der Waals surface area contributed by atoms with Crippen molar-refractivity contribution in [1.82, 2.24) is 5.32 Å². The van der Waals surface area contributed by atoms with Crippen LogP contribution in [0.2, 0.25) is 10.0 Å². The standard InChI is InChI=1S/C15H21Cl2NS2/c1-3-18-14(15-10(2)19-7-8-20-15)9-11-12(16)5-4-6-13(11)17/h4-6,10,14-15,18H,3,7-9H2,1-2H3. The third-order valence-electron chi connectivity index (χ3n) is 3.59. The van der Waals surface area contributed by atoms with E-state index in [2.05, 4.69) is 42.7 Å². The van der Waals surface area contributed by atoms with Crippen LogP contribution >= 0.6 is 46.7 Å². The van der Waals surface area contributed by atoms with Gasteiger partial charge in [0.25, 0.3) is 0 Å². The average Bonchev–Trinajstić information content (AvgIpc) is 2.43. The van der Waals surface area contributed by atoms with Crippen molar-refractivity contribution in [3.63, 3.8) is 0 Å². The van der Waals surface area contributed by atoms with Gasteiger partial charge in [-0.2, -0.15) is 23.5 Å². The molecule has 0 radical (unpaired) electrons. The molecule has 1 aromatic carbocycles. The number of benzene rings is 1. The van der Waals surface area contributed by atoms with Crippen LogP contribution in [0.5, 0.6) is 0 Å². The molecular weight excluding hydrogens is 329 g/mol. The summed E-state index contributed by atoms with van der Waals surface area (Å²) >= 11 is 16.8. The summed E-state index contributed by atoms with van der Waals surface area (Å²) in [6.07, 6.45) is 0.898. The number of rotatable bonds is 5. The number of nitrogens with one attached hydrogen (secondary N) is 1. The summed E-state index contributed by atoms with van der Waals surface area (Å²) in [5.41, 5.74) is 1.07. The van der Waals surface area contributed by atoms with Crippen LogP contribution in [0.3, 0.4) is 0 Å². The van der Waals surface area contributed by atoms with Gasteiger partial charge in [0.05, 0.1) is 0 Å². The fourth-order valence-corrected chi connectivity index (χ4v) is 6.12. The first-order chi connectivity index (χ1) is 9.63. The van der Waals surface area contributed by atoms with Crippen molar-refractivity contribution in [2.75, 3.05) is 18.1 Å². The van der Waals surface area contributed by atoms with Crippen molar-refractivity contribution >= 4 is 46.7 Å². The van der Waals surface area contributed by atoms with Crippen molar-refractivity contribution < 1.29 is 0 Å². The predicted octanol–water partition coefficient (Wildman–Crippen LogP) is 4.75. The molecule has 2 rings (SSSR count). The Labute approximate surface area is 140 Å². The fraction of sp³-hybridized carbons (Fsp3) is 0.600. The van der Waals surface area contributed by atoms with Crippen molar-refractivity contribution in [2.24, 2.45) is 0 Å². The Kier molecular flexibility index (Phi) is 6.89. The Balaban J connectivity index is 2.16. The van der Waals surface area contributed by atoms with Crippen LogP contribution in [0.15, 0.2) is 18.2 Å². The normalized spacial score (nSPS) is 24.6. The summed E-state index contributed by atoms with van der Waals surface area (Å²) in [7, 11) is 0. The molecule has 1 aliphatic heterocycles. The molecule has 1 heterocycles. The van der Waals surface area contributed by atoms with Gasteiger partial charge in [-0.3, -0.25) is 0 Å². The Morgan fingerprint density at radius 3 is 2.50 bits per heavy atom. The molecule has 112 valence electrons. The minimum absolute atomic E-state index is 0.421. The SMILES string of the molecule is CCNC(Cc1c(Cl)cccc1Cl)C1SCCSC1C. The molecule has 1 fully saturated rings. The highest BCUT2D eigenvalue weighted by Gasteiger charge is 2.30. The molecular formula is C15H21Cl2NS2. The van der Waals surface area contributed by atoms with E-state index in [0.29, 0.717) is 16.5 Å². The lowest BCUT2D eigenvalue weighted by Gasteiger charge is -2.35. The van der Waals surface area contributed by atoms with Crippen molar-refractivity contribution in [1.29, 1.82) is 0 Å². The van der Waals surface area contributed by atoms with Crippen LogP contribution in [0.4, 0.5) is 0 Å². The van der Waals surface area contributed by atoms with Gasteiger partial charge < -0.3 is 5.32 Å². The number of halogens is 2. The van der Waals surface area contributed by atoms with Gasteiger partial charge in [-0.05, 0) is 30.7 Å². The molecule has 1 aromatic rings. The molecule has 20 heavy (non-hydrogen) atoms. The Morgan fingerprint density at radius 2 is 1.90 bits per heavy atom. The third kappa shape index (κ3) is 4.23. The van der Waals surface area contributed by atoms with Crippen LogP contribution in [0.25, 0.3) is 0 Å². The summed E-state index contributed by atoms with van der Waals surface area (Å²) in [6.45, 7) is 5.47. The van der Waals surface area contributed by atoms with Gasteiger partial charge in [0.15, 0.2) is 0 Å². The maximum absolute atomic E-state index is 6.32. The molecule has 0 aliphatic carbocycles. The Bertz CT molecular complexity index is 422. The summed E-state index contributed by atoms with van der Waals surface area (Å²) in [4.78, 5) is 0. The molecule has 1 saturated heterocycles. The van der Waals surface area contributed by atoms with E-state index < -0.39 is 0 Å². The summed E-state index contributed by atoms with van der Waals surface area (Å²) in [6, 6.07) is 6.19. The van der Waals surface area contributed by atoms with E-state index in [1.807, 2.05) is 18.2 Å². The fourth-order valence-electron chi connectivity index (χ4n) is 2.61. The summed E-state index contributed by atoms with van der Waals surface area (Å²) in [5.74, 6) is 2.49. The number of thioether (sulfide) groups is 2. The van der Waals surface area contributed by atoms with Crippen molar-refractivity contribution in [3.05, 3.63) is 33.8 Å². The van der Waals surface area contributed by atoms with E-state index in [-0.39, 0.29) is 0 Å². The van der Waals surface area contributed by atoms with E-state index in [0.717, 1.165) is 28.6 Å². The highest BCUT2D eigenvalue weighted by molar-refractivity contribution is 8.07. The first-order valence-electron chi connectivity index (χ1n) is 7.03. The third-order valence-corrected chi connectivity index (χ3v) is 7.54. The zero-order valence-electron chi connectivity index (χ0n) is 11.9. The van der Waals surface area contributed by atoms with Gasteiger partial charge in [-0.25, -0.2) is 0 Å². The maximum atomic E-state index is 6.32. The molecule has 1 N–H and O–H groups in total. The molecule has 0 amide bonds. The highest BCUT2D eigenvalue weighted by Crippen LogP contribution is 2.35. The monoisotopic (exact) mass is 349 g/mol. The van der Waals surface area contributed by atoms with Crippen LogP contribution in [0.1, 0.15) is 19.4 Å². The van der Waals surface area contributed by atoms with E-state index in [9.17, 15) is 0 Å². The van der Waals surface area contributed by atoms with E-state index in [1.54, 1.807) is 0 Å². The minimum Gasteiger partial charge on any atom is -0.313 e. The lowest BCUT2D eigenvalue weighted by atomic mass is 10.0. The summed E-state index contributed by atoms with van der Waals surface area (Å²) in [5, 5.41) is 6.47. The largest absolute Gasteiger partial charge is 0.313 e. The topological polar surface area (TPSA) is 12.0 Å². The first-order valence-corrected chi connectivity index (χ1v) is 9.88. The van der Waals surface area contributed by atoms with Crippen LogP contribution in [-0.2, 0) is 6.42 Å². The number of likely N-dealkylation sites (N-methyl/N-ethyl adjacent to an activating group) is 1. The quantitative estimate of drug-likeness (QED) is 0.823. The lowest BCUT2D eigenvalue weighted by molar-refractivity contribution is 0.501. The second-order valence-corrected chi connectivity index (χ2v) is 8.57. The van der Waals surface area contributed by atoms with E-state index in [1.165, 1.54) is 11.5 Å². The van der Waals surface area contributed by atoms with Crippen LogP contribution in [0, 0.1) is 0 Å². The van der Waals surface area contributed by atoms with Gasteiger partial charge in [0.2, 0.25) is 0 Å². The van der Waals surface area contributed by atoms with Gasteiger partial charge in [-0.1, -0.05) is 43.1 Å². The molecule has 3 atom stereocenters. The smallest absolute Gasteiger partial charge is 0.0453 e. The maximum Gasteiger partial charge on any atom is 0.0453 e. The number of hydrogen-bond donors (Lipinski definition) is 1. The Hall–Kier alpha value is 0.460. The predicted molar refractivity (Wildman–Crippen MR) is 95.8 cm³/mol. The minimum atomic E-state index is 0.421. The van der Waals surface area contributed by atoms with Crippen molar-refractivity contribution in [3.8, 4) is 0 Å². The van der Waals surface area contributed by atoms with Crippen molar-refractivity contribution in [2.45, 2.75) is 36.8 Å². The molecule has 3 unspecified atom stereocenters. The van der Waals surface area contributed by atoms with Crippen LogP contribution < -0.4 is 5.32 Å². The van der Waals surface area contributed by atoms with Gasteiger partial charge >= 0.3 is 0 Å². The molecule has 5 heteroatoms. The Morgan fingerprint density at radius 1 is 1.25 bits per heavy atom. The molecule has 0 saturated carbocycles. The highest BCUT2D eigenvalue weighted by atomic mass is 35.5. The molecule has 1 aliphatic rings. The number of hydrogen-bond acceptors (Lipinski definition) is 3. The summed E-state index contributed by atoms with van der Waals surface area (Å²) < 4.78 is 0. The molecule has 0 aromatic heterocycles. The zero-order chi connectivity index (χ0) is 14.5. The molecule has 1 nitrogen and oxygen atoms in total. The molecule has 0 bridgehead atoms. The van der Waals surface area contributed by atoms with E-state index >= 15 is 0 Å². The second-order valence-electron chi connectivity index (χ2n) is 4.98. The molecule has 0 spiro atoms. The van der Waals surface area contributed by atoms with Gasteiger partial charge in [0, 0.05) is 38.1 Å². The van der Waals surface area contributed by atoms with Gasteiger partial charge in [-0.15, -0.1) is 0 Å².